The van der Waals surface area contributed by atoms with Crippen molar-refractivity contribution in [1.82, 2.24) is 5.32 Å². The third kappa shape index (κ3) is 4.29. The van der Waals surface area contributed by atoms with E-state index in [1.165, 1.54) is 12.1 Å². The van der Waals surface area contributed by atoms with Gasteiger partial charge in [0, 0.05) is 12.1 Å². The van der Waals surface area contributed by atoms with Gasteiger partial charge in [-0.1, -0.05) is 6.92 Å². The molecule has 0 aliphatic rings. The van der Waals surface area contributed by atoms with Crippen LogP contribution in [0.15, 0.2) is 22.7 Å². The van der Waals surface area contributed by atoms with Gasteiger partial charge in [0.05, 0.1) is 4.47 Å². The first-order valence-electron chi connectivity index (χ1n) is 5.86. The summed E-state index contributed by atoms with van der Waals surface area (Å²) in [5, 5.41) is 2.81. The Morgan fingerprint density at radius 2 is 2.17 bits per heavy atom. The molecule has 3 nitrogen and oxygen atoms in total. The quantitative estimate of drug-likeness (QED) is 0.905. The van der Waals surface area contributed by atoms with Crippen LogP contribution in [0.1, 0.15) is 27.2 Å². The van der Waals surface area contributed by atoms with E-state index in [1.54, 1.807) is 13.0 Å². The van der Waals surface area contributed by atoms with Crippen LogP contribution in [0, 0.1) is 5.82 Å². The molecule has 1 aromatic carbocycles. The van der Waals surface area contributed by atoms with Crippen LogP contribution in [-0.2, 0) is 4.79 Å². The molecule has 2 unspecified atom stereocenters. The minimum absolute atomic E-state index is 0.0968. The van der Waals surface area contributed by atoms with E-state index in [2.05, 4.69) is 21.2 Å². The highest BCUT2D eigenvalue weighted by Gasteiger charge is 2.17. The summed E-state index contributed by atoms with van der Waals surface area (Å²) < 4.78 is 19.1. The highest BCUT2D eigenvalue weighted by molar-refractivity contribution is 9.10. The Morgan fingerprint density at radius 3 is 2.78 bits per heavy atom. The summed E-state index contributed by atoms with van der Waals surface area (Å²) in [5.74, 6) is -0.287. The Labute approximate surface area is 115 Å². The number of rotatable bonds is 5. The van der Waals surface area contributed by atoms with Crippen molar-refractivity contribution in [2.45, 2.75) is 39.3 Å². The minimum atomic E-state index is -0.669. The first-order chi connectivity index (χ1) is 8.43. The van der Waals surface area contributed by atoms with Gasteiger partial charge in [0.15, 0.2) is 6.10 Å². The second kappa shape index (κ2) is 6.73. The van der Waals surface area contributed by atoms with Gasteiger partial charge < -0.3 is 10.1 Å². The van der Waals surface area contributed by atoms with Crippen LogP contribution in [0.4, 0.5) is 4.39 Å². The zero-order valence-electron chi connectivity index (χ0n) is 10.7. The van der Waals surface area contributed by atoms with Crippen LogP contribution in [0.5, 0.6) is 5.75 Å². The van der Waals surface area contributed by atoms with Crippen LogP contribution in [0.25, 0.3) is 0 Å². The third-order valence-corrected chi connectivity index (χ3v) is 3.22. The molecule has 0 saturated carbocycles. The lowest BCUT2D eigenvalue weighted by Crippen LogP contribution is -2.41. The van der Waals surface area contributed by atoms with Crippen LogP contribution in [-0.4, -0.2) is 18.1 Å². The second-order valence-corrected chi connectivity index (χ2v) is 5.01. The van der Waals surface area contributed by atoms with Crippen molar-refractivity contribution in [2.24, 2.45) is 0 Å². The van der Waals surface area contributed by atoms with Crippen molar-refractivity contribution in [2.75, 3.05) is 0 Å². The van der Waals surface area contributed by atoms with Gasteiger partial charge in [-0.25, -0.2) is 4.39 Å². The number of hydrogen-bond acceptors (Lipinski definition) is 2. The highest BCUT2D eigenvalue weighted by Crippen LogP contribution is 2.26. The molecule has 0 radical (unpaired) electrons. The molecule has 5 heteroatoms. The van der Waals surface area contributed by atoms with Gasteiger partial charge in [0.25, 0.3) is 5.91 Å². The Bertz CT molecular complexity index is 425. The monoisotopic (exact) mass is 317 g/mol. The summed E-state index contributed by atoms with van der Waals surface area (Å²) in [7, 11) is 0. The Morgan fingerprint density at radius 1 is 1.50 bits per heavy atom. The number of halogens is 2. The average molecular weight is 318 g/mol. The molecule has 0 heterocycles. The second-order valence-electron chi connectivity index (χ2n) is 4.15. The van der Waals surface area contributed by atoms with Crippen molar-refractivity contribution >= 4 is 21.8 Å². The zero-order chi connectivity index (χ0) is 13.7. The van der Waals surface area contributed by atoms with Gasteiger partial charge in [0.1, 0.15) is 11.6 Å². The highest BCUT2D eigenvalue weighted by atomic mass is 79.9. The van der Waals surface area contributed by atoms with Gasteiger partial charge in [0.2, 0.25) is 0 Å². The van der Waals surface area contributed by atoms with Crippen LogP contribution in [0.2, 0.25) is 0 Å². The van der Waals surface area contributed by atoms with Crippen molar-refractivity contribution in [3.05, 3.63) is 28.5 Å². The standard InChI is InChI=1S/C13H17BrFNO2/c1-4-8(2)16-13(17)9(3)18-12-7-10(15)5-6-11(12)14/h5-9H,4H2,1-3H3,(H,16,17). The lowest BCUT2D eigenvalue weighted by molar-refractivity contribution is -0.127. The van der Waals surface area contributed by atoms with E-state index in [0.29, 0.717) is 10.2 Å². The maximum absolute atomic E-state index is 13.1. The molecule has 0 spiro atoms. The fraction of sp³-hybridized carbons (Fsp3) is 0.462. The molecule has 18 heavy (non-hydrogen) atoms. The zero-order valence-corrected chi connectivity index (χ0v) is 12.3. The van der Waals surface area contributed by atoms with Crippen molar-refractivity contribution < 1.29 is 13.9 Å². The molecule has 0 aliphatic heterocycles. The maximum atomic E-state index is 13.1. The normalized spacial score (nSPS) is 13.8. The first kappa shape index (κ1) is 15.0. The van der Waals surface area contributed by atoms with Crippen molar-refractivity contribution in [3.63, 3.8) is 0 Å². The van der Waals surface area contributed by atoms with E-state index < -0.39 is 11.9 Å². The predicted octanol–water partition coefficient (Wildman–Crippen LogP) is 3.27. The van der Waals surface area contributed by atoms with Gasteiger partial charge in [-0.15, -0.1) is 0 Å². The molecule has 0 aliphatic carbocycles. The third-order valence-electron chi connectivity index (χ3n) is 2.57. The first-order valence-corrected chi connectivity index (χ1v) is 6.65. The molecule has 0 aromatic heterocycles. The largest absolute Gasteiger partial charge is 0.480 e. The number of benzene rings is 1. The maximum Gasteiger partial charge on any atom is 0.260 e. The molecule has 1 aromatic rings. The average Bonchev–Trinajstić information content (AvgIpc) is 2.33. The summed E-state index contributed by atoms with van der Waals surface area (Å²) in [6, 6.07) is 4.21. The topological polar surface area (TPSA) is 38.3 Å². The van der Waals surface area contributed by atoms with Gasteiger partial charge in [-0.2, -0.15) is 0 Å². The number of amides is 1. The molecule has 100 valence electrons. The molecule has 1 amide bonds. The van der Waals surface area contributed by atoms with Crippen LogP contribution >= 0.6 is 15.9 Å². The smallest absolute Gasteiger partial charge is 0.260 e. The number of nitrogens with one attached hydrogen (secondary N) is 1. The van der Waals surface area contributed by atoms with E-state index >= 15 is 0 Å². The number of carbonyl (C=O) groups excluding carboxylic acids is 1. The van der Waals surface area contributed by atoms with Gasteiger partial charge in [-0.3, -0.25) is 4.79 Å². The Balaban J connectivity index is 2.66. The van der Waals surface area contributed by atoms with Crippen LogP contribution in [0.3, 0.4) is 0 Å². The summed E-state index contributed by atoms with van der Waals surface area (Å²) >= 11 is 3.25. The summed E-state index contributed by atoms with van der Waals surface area (Å²) in [5.41, 5.74) is 0. The lowest BCUT2D eigenvalue weighted by Gasteiger charge is -2.18. The Kier molecular flexibility index (Phi) is 5.59. The summed E-state index contributed by atoms with van der Waals surface area (Å²) in [4.78, 5) is 11.8. The molecule has 0 saturated heterocycles. The summed E-state index contributed by atoms with van der Waals surface area (Å²) in [6.07, 6.45) is 0.180. The minimum Gasteiger partial charge on any atom is -0.480 e. The van der Waals surface area contributed by atoms with Gasteiger partial charge >= 0.3 is 0 Å². The number of hydrogen-bond donors (Lipinski definition) is 1. The fourth-order valence-corrected chi connectivity index (χ4v) is 1.61. The van der Waals surface area contributed by atoms with E-state index in [0.717, 1.165) is 6.42 Å². The van der Waals surface area contributed by atoms with Crippen molar-refractivity contribution in [1.29, 1.82) is 0 Å². The number of carbonyl (C=O) groups is 1. The summed E-state index contributed by atoms with van der Waals surface area (Å²) in [6.45, 7) is 5.54. The SMILES string of the molecule is CCC(C)NC(=O)C(C)Oc1cc(F)ccc1Br. The number of ether oxygens (including phenoxy) is 1. The molecular formula is C13H17BrFNO2. The van der Waals surface area contributed by atoms with Gasteiger partial charge in [-0.05, 0) is 48.3 Å². The molecule has 1 N–H and O–H groups in total. The van der Waals surface area contributed by atoms with E-state index in [9.17, 15) is 9.18 Å². The van der Waals surface area contributed by atoms with Crippen molar-refractivity contribution in [3.8, 4) is 5.75 Å². The fourth-order valence-electron chi connectivity index (χ4n) is 1.27. The van der Waals surface area contributed by atoms with E-state index in [1.807, 2.05) is 13.8 Å². The van der Waals surface area contributed by atoms with E-state index in [4.69, 9.17) is 4.74 Å². The molecule has 0 bridgehead atoms. The molecular weight excluding hydrogens is 301 g/mol. The lowest BCUT2D eigenvalue weighted by atomic mass is 10.2. The van der Waals surface area contributed by atoms with E-state index in [-0.39, 0.29) is 11.9 Å². The molecule has 0 fully saturated rings. The predicted molar refractivity (Wildman–Crippen MR) is 72.1 cm³/mol. The molecule has 2 atom stereocenters. The molecule has 1 rings (SSSR count). The Hall–Kier alpha value is -1.10. The van der Waals surface area contributed by atoms with Crippen LogP contribution < -0.4 is 10.1 Å².